The molecule has 0 unspecified atom stereocenters. The van der Waals surface area contributed by atoms with Gasteiger partial charge in [0.2, 0.25) is 11.8 Å². The Morgan fingerprint density at radius 1 is 1.40 bits per heavy atom. The Bertz CT molecular complexity index is 284. The quantitative estimate of drug-likeness (QED) is 0.701. The number of hydrogen-bond donors (Lipinski definition) is 1. The molecule has 1 aliphatic heterocycles. The summed E-state index contributed by atoms with van der Waals surface area (Å²) in [5.74, 6) is -0.826. The van der Waals surface area contributed by atoms with Crippen molar-refractivity contribution in [2.45, 2.75) is 26.7 Å². The lowest BCUT2D eigenvalue weighted by Crippen LogP contribution is -2.50. The van der Waals surface area contributed by atoms with Gasteiger partial charge in [0.25, 0.3) is 0 Å². The van der Waals surface area contributed by atoms with Gasteiger partial charge in [0, 0.05) is 19.4 Å². The van der Waals surface area contributed by atoms with Crippen molar-refractivity contribution in [2.75, 3.05) is 6.54 Å². The van der Waals surface area contributed by atoms with Crippen LogP contribution in [0.4, 0.5) is 4.79 Å². The Morgan fingerprint density at radius 3 is 2.20 bits per heavy atom. The normalized spacial score (nSPS) is 16.3. The number of hydrogen-bond acceptors (Lipinski definition) is 3. The van der Waals surface area contributed by atoms with Crippen molar-refractivity contribution in [3.63, 3.8) is 0 Å². The van der Waals surface area contributed by atoms with Crippen molar-refractivity contribution in [1.29, 1.82) is 0 Å². The summed E-state index contributed by atoms with van der Waals surface area (Å²) in [5, 5.41) is 10.4. The van der Waals surface area contributed by atoms with Crippen molar-refractivity contribution in [2.24, 2.45) is 5.92 Å². The van der Waals surface area contributed by atoms with E-state index in [9.17, 15) is 14.4 Å². The van der Waals surface area contributed by atoms with Crippen LogP contribution in [0.25, 0.3) is 0 Å². The Labute approximate surface area is 87.4 Å². The van der Waals surface area contributed by atoms with E-state index >= 15 is 0 Å². The molecule has 0 spiro atoms. The van der Waals surface area contributed by atoms with Crippen LogP contribution in [0.15, 0.2) is 0 Å². The zero-order valence-corrected chi connectivity index (χ0v) is 8.77. The smallest absolute Gasteiger partial charge is 0.426 e. The molecule has 0 radical (unpaired) electrons. The Morgan fingerprint density at radius 2 is 1.87 bits per heavy atom. The SMILES string of the molecule is CC(C)CN(C(=O)O)N1C(=O)CCC1=O. The molecule has 0 aromatic heterocycles. The summed E-state index contributed by atoms with van der Waals surface area (Å²) < 4.78 is 0. The molecule has 15 heavy (non-hydrogen) atoms. The van der Waals surface area contributed by atoms with E-state index in [1.54, 1.807) is 0 Å². The van der Waals surface area contributed by atoms with Gasteiger partial charge in [0.05, 0.1) is 0 Å². The molecule has 1 fully saturated rings. The molecular weight excluding hydrogens is 200 g/mol. The highest BCUT2D eigenvalue weighted by atomic mass is 16.4. The molecule has 84 valence electrons. The number of rotatable bonds is 3. The highest BCUT2D eigenvalue weighted by molar-refractivity contribution is 6.02. The molecule has 0 atom stereocenters. The summed E-state index contributed by atoms with van der Waals surface area (Å²) in [7, 11) is 0. The van der Waals surface area contributed by atoms with Gasteiger partial charge >= 0.3 is 6.09 Å². The van der Waals surface area contributed by atoms with Crippen LogP contribution < -0.4 is 0 Å². The van der Waals surface area contributed by atoms with Gasteiger partial charge in [0.1, 0.15) is 0 Å². The van der Waals surface area contributed by atoms with Gasteiger partial charge in [-0.25, -0.2) is 9.80 Å². The van der Waals surface area contributed by atoms with Crippen molar-refractivity contribution in [3.05, 3.63) is 0 Å². The predicted molar refractivity (Wildman–Crippen MR) is 50.7 cm³/mol. The molecule has 1 rings (SSSR count). The third-order valence-electron chi connectivity index (χ3n) is 2.03. The van der Waals surface area contributed by atoms with E-state index in [1.165, 1.54) is 0 Å². The second-order valence-electron chi connectivity index (χ2n) is 3.86. The molecule has 6 heteroatoms. The molecule has 0 aromatic rings. The number of carbonyl (C=O) groups excluding carboxylic acids is 2. The maximum absolute atomic E-state index is 11.3. The fourth-order valence-electron chi connectivity index (χ4n) is 1.43. The van der Waals surface area contributed by atoms with Crippen molar-refractivity contribution >= 4 is 17.9 Å². The summed E-state index contributed by atoms with van der Waals surface area (Å²) in [6, 6.07) is 0. The average Bonchev–Trinajstić information content (AvgIpc) is 2.42. The molecule has 0 bridgehead atoms. The van der Waals surface area contributed by atoms with Crippen LogP contribution in [-0.2, 0) is 9.59 Å². The zero-order chi connectivity index (χ0) is 11.6. The van der Waals surface area contributed by atoms with Gasteiger partial charge < -0.3 is 5.11 Å². The second kappa shape index (κ2) is 4.29. The number of nitrogens with zero attached hydrogens (tertiary/aromatic N) is 2. The minimum atomic E-state index is -1.27. The maximum atomic E-state index is 11.3. The highest BCUT2D eigenvalue weighted by Gasteiger charge is 2.36. The lowest BCUT2D eigenvalue weighted by molar-refractivity contribution is -0.154. The largest absolute Gasteiger partial charge is 0.464 e. The first kappa shape index (κ1) is 11.5. The zero-order valence-electron chi connectivity index (χ0n) is 8.77. The second-order valence-corrected chi connectivity index (χ2v) is 3.86. The molecule has 1 heterocycles. The Hall–Kier alpha value is -1.59. The van der Waals surface area contributed by atoms with Gasteiger partial charge in [-0.15, -0.1) is 0 Å². The maximum Gasteiger partial charge on any atom is 0.426 e. The molecular formula is C9H14N2O4. The average molecular weight is 214 g/mol. The van der Waals surface area contributed by atoms with Crippen molar-refractivity contribution < 1.29 is 19.5 Å². The van der Waals surface area contributed by atoms with Gasteiger partial charge in [-0.3, -0.25) is 9.59 Å². The van der Waals surface area contributed by atoms with E-state index < -0.39 is 17.9 Å². The fraction of sp³-hybridized carbons (Fsp3) is 0.667. The monoisotopic (exact) mass is 214 g/mol. The van der Waals surface area contributed by atoms with E-state index in [2.05, 4.69) is 0 Å². The summed E-state index contributed by atoms with van der Waals surface area (Å²) in [4.78, 5) is 33.5. The van der Waals surface area contributed by atoms with E-state index in [0.29, 0.717) is 0 Å². The number of imide groups is 1. The van der Waals surface area contributed by atoms with Crippen LogP contribution in [0.5, 0.6) is 0 Å². The molecule has 6 nitrogen and oxygen atoms in total. The van der Waals surface area contributed by atoms with Gasteiger partial charge in [0.15, 0.2) is 0 Å². The third-order valence-corrected chi connectivity index (χ3v) is 2.03. The summed E-state index contributed by atoms with van der Waals surface area (Å²) >= 11 is 0. The fourth-order valence-corrected chi connectivity index (χ4v) is 1.43. The predicted octanol–water partition coefficient (Wildman–Crippen LogP) is 0.686. The highest BCUT2D eigenvalue weighted by Crippen LogP contribution is 2.16. The minimum Gasteiger partial charge on any atom is -0.464 e. The molecule has 0 aromatic carbocycles. The van der Waals surface area contributed by atoms with Crippen molar-refractivity contribution in [1.82, 2.24) is 10.0 Å². The van der Waals surface area contributed by atoms with Gasteiger partial charge in [-0.05, 0) is 5.92 Å². The third kappa shape index (κ3) is 2.45. The number of hydrazine groups is 1. The van der Waals surface area contributed by atoms with E-state index in [0.717, 1.165) is 10.0 Å². The first-order valence-electron chi connectivity index (χ1n) is 4.79. The topological polar surface area (TPSA) is 77.9 Å². The lowest BCUT2D eigenvalue weighted by Gasteiger charge is -2.28. The molecule has 0 aliphatic carbocycles. The number of amides is 3. The molecule has 1 N–H and O–H groups in total. The van der Waals surface area contributed by atoms with Gasteiger partial charge in [-0.1, -0.05) is 13.8 Å². The van der Waals surface area contributed by atoms with Crippen LogP contribution in [0.1, 0.15) is 26.7 Å². The van der Waals surface area contributed by atoms with E-state index in [1.807, 2.05) is 13.8 Å². The van der Waals surface area contributed by atoms with E-state index in [-0.39, 0.29) is 25.3 Å². The summed E-state index contributed by atoms with van der Waals surface area (Å²) in [5.41, 5.74) is 0. The van der Waals surface area contributed by atoms with Crippen LogP contribution in [0.3, 0.4) is 0 Å². The standard InChI is InChI=1S/C9H14N2O4/c1-6(2)5-10(9(14)15)11-7(12)3-4-8(11)13/h6H,3-5H2,1-2H3,(H,14,15). The summed E-state index contributed by atoms with van der Waals surface area (Å²) in [6.45, 7) is 3.79. The number of carbonyl (C=O) groups is 3. The van der Waals surface area contributed by atoms with Gasteiger partial charge in [-0.2, -0.15) is 5.01 Å². The Balaban J connectivity index is 2.83. The molecule has 1 aliphatic rings. The van der Waals surface area contributed by atoms with Crippen LogP contribution in [0, 0.1) is 5.92 Å². The van der Waals surface area contributed by atoms with Crippen LogP contribution >= 0.6 is 0 Å². The Kier molecular flexibility index (Phi) is 3.28. The van der Waals surface area contributed by atoms with Crippen LogP contribution in [0.2, 0.25) is 0 Å². The molecule has 1 saturated heterocycles. The first-order valence-corrected chi connectivity index (χ1v) is 4.79. The minimum absolute atomic E-state index is 0.0577. The molecule has 3 amide bonds. The van der Waals surface area contributed by atoms with E-state index in [4.69, 9.17) is 5.11 Å². The number of carboxylic acid groups (broad SMARTS) is 1. The van der Waals surface area contributed by atoms with Crippen molar-refractivity contribution in [3.8, 4) is 0 Å². The molecule has 0 saturated carbocycles. The first-order chi connectivity index (χ1) is 6.93. The lowest BCUT2D eigenvalue weighted by atomic mass is 10.2. The summed E-state index contributed by atoms with van der Waals surface area (Å²) in [6.07, 6.45) is -1.08. The van der Waals surface area contributed by atoms with Crippen LogP contribution in [-0.4, -0.2) is 39.6 Å².